The molecule has 0 aliphatic carbocycles. The van der Waals surface area contributed by atoms with E-state index >= 15 is 0 Å². The largest absolute Gasteiger partial charge is 0.491 e. The number of aromatic nitrogens is 2. The van der Waals surface area contributed by atoms with Gasteiger partial charge < -0.3 is 19.7 Å². The lowest BCUT2D eigenvalue weighted by molar-refractivity contribution is 0.0121. The first kappa shape index (κ1) is 18.6. The van der Waals surface area contributed by atoms with Gasteiger partial charge in [-0.1, -0.05) is 17.3 Å². The van der Waals surface area contributed by atoms with Gasteiger partial charge in [0.05, 0.1) is 5.39 Å². The van der Waals surface area contributed by atoms with E-state index in [2.05, 4.69) is 15.5 Å². The zero-order chi connectivity index (χ0) is 19.4. The van der Waals surface area contributed by atoms with Gasteiger partial charge in [0.1, 0.15) is 18.0 Å². The van der Waals surface area contributed by atoms with Crippen LogP contribution in [0.1, 0.15) is 12.5 Å². The number of rotatable bonds is 8. The van der Waals surface area contributed by atoms with Gasteiger partial charge in [-0.2, -0.15) is 0 Å². The second kappa shape index (κ2) is 8.10. The van der Waals surface area contributed by atoms with Crippen molar-refractivity contribution >= 4 is 21.6 Å². The van der Waals surface area contributed by atoms with E-state index in [1.54, 1.807) is 30.7 Å². The van der Waals surface area contributed by atoms with Crippen molar-refractivity contribution in [3.63, 3.8) is 0 Å². The fourth-order valence-electron chi connectivity index (χ4n) is 2.88. The quantitative estimate of drug-likeness (QED) is 0.471. The third kappa shape index (κ3) is 4.39. The molecule has 4 aromatic rings. The highest BCUT2D eigenvalue weighted by atomic mass is 32.1. The minimum absolute atomic E-state index is 0.171. The first-order valence-corrected chi connectivity index (χ1v) is 9.87. The third-order valence-electron chi connectivity index (χ3n) is 4.34. The lowest BCUT2D eigenvalue weighted by Gasteiger charge is -2.24. The number of hydrogen-bond donors (Lipinski definition) is 2. The van der Waals surface area contributed by atoms with Crippen LogP contribution >= 0.6 is 11.3 Å². The fraction of sp³-hybridized carbons (Fsp3) is 0.238. The smallest absolute Gasteiger partial charge is 0.175 e. The first-order valence-electron chi connectivity index (χ1n) is 8.99. The fourth-order valence-corrected chi connectivity index (χ4v) is 3.58. The first-order chi connectivity index (χ1) is 13.6. The monoisotopic (exact) mass is 395 g/mol. The van der Waals surface area contributed by atoms with Crippen molar-refractivity contribution in [3.8, 4) is 17.1 Å². The van der Waals surface area contributed by atoms with Crippen LogP contribution in [0.2, 0.25) is 0 Å². The molecule has 0 saturated heterocycles. The van der Waals surface area contributed by atoms with Crippen LogP contribution < -0.4 is 10.1 Å². The van der Waals surface area contributed by atoms with E-state index in [4.69, 9.17) is 9.26 Å². The summed E-state index contributed by atoms with van der Waals surface area (Å²) in [6, 6.07) is 13.5. The molecule has 6 nitrogen and oxygen atoms in total. The molecule has 0 fully saturated rings. The molecule has 2 N–H and O–H groups in total. The molecule has 28 heavy (non-hydrogen) atoms. The van der Waals surface area contributed by atoms with Gasteiger partial charge in [0, 0.05) is 31.0 Å². The second-order valence-electron chi connectivity index (χ2n) is 6.92. The molecule has 0 unspecified atom stereocenters. The van der Waals surface area contributed by atoms with Crippen LogP contribution in [0.3, 0.4) is 0 Å². The number of nitrogens with one attached hydrogen (secondary N) is 1. The molecule has 0 bridgehead atoms. The highest BCUT2D eigenvalue weighted by Crippen LogP contribution is 2.33. The zero-order valence-corrected chi connectivity index (χ0v) is 16.3. The Balaban J connectivity index is 1.36. The molecule has 0 amide bonds. The summed E-state index contributed by atoms with van der Waals surface area (Å²) in [5.74, 6) is 1.40. The lowest BCUT2D eigenvalue weighted by atomic mass is 10.1. The van der Waals surface area contributed by atoms with Crippen LogP contribution in [0.5, 0.6) is 5.75 Å². The van der Waals surface area contributed by atoms with Crippen LogP contribution in [0.25, 0.3) is 21.5 Å². The maximum atomic E-state index is 10.6. The van der Waals surface area contributed by atoms with Gasteiger partial charge in [-0.3, -0.25) is 4.98 Å². The second-order valence-corrected chi connectivity index (χ2v) is 7.82. The maximum absolute atomic E-state index is 10.6. The highest BCUT2D eigenvalue weighted by Gasteiger charge is 2.21. The van der Waals surface area contributed by atoms with Crippen LogP contribution in [0.15, 0.2) is 64.8 Å². The van der Waals surface area contributed by atoms with Gasteiger partial charge >= 0.3 is 0 Å². The number of nitrogens with zero attached hydrogens (tertiary/aromatic N) is 2. The van der Waals surface area contributed by atoms with E-state index in [0.29, 0.717) is 18.8 Å². The van der Waals surface area contributed by atoms with Gasteiger partial charge in [-0.15, -0.1) is 11.3 Å². The van der Waals surface area contributed by atoms with Crippen LogP contribution in [0, 0.1) is 0 Å². The summed E-state index contributed by atoms with van der Waals surface area (Å²) in [5.41, 5.74) is 1.01. The summed E-state index contributed by atoms with van der Waals surface area (Å²) < 4.78 is 11.3. The van der Waals surface area contributed by atoms with Gasteiger partial charge in [0.2, 0.25) is 0 Å². The van der Waals surface area contributed by atoms with Crippen molar-refractivity contribution in [2.75, 3.05) is 13.2 Å². The average Bonchev–Trinajstić information content (AvgIpc) is 3.31. The lowest BCUT2D eigenvalue weighted by Crippen LogP contribution is -2.42. The standard InChI is InChI=1S/C21H21N3O3S/c1-21(25,13-23-12-15-5-8-22-9-6-15)14-26-17-4-2-3-16(11-17)19-18-7-10-28-20(18)24-27-19/h2-11,23,25H,12-14H2,1H3/t21-/m1/s1. The van der Waals surface area contributed by atoms with Gasteiger partial charge in [0.25, 0.3) is 0 Å². The van der Waals surface area contributed by atoms with E-state index in [0.717, 1.165) is 27.1 Å². The Morgan fingerprint density at radius 3 is 2.93 bits per heavy atom. The molecular formula is C21H21N3O3S. The Kier molecular flexibility index (Phi) is 5.38. The number of benzene rings is 1. The predicted octanol–water partition coefficient (Wildman–Crippen LogP) is 3.87. The molecule has 0 radical (unpaired) electrons. The molecule has 0 aliphatic rings. The third-order valence-corrected chi connectivity index (χ3v) is 5.13. The molecule has 3 aromatic heterocycles. The van der Waals surface area contributed by atoms with E-state index in [1.165, 1.54) is 0 Å². The molecule has 0 spiro atoms. The molecule has 4 rings (SSSR count). The van der Waals surface area contributed by atoms with E-state index < -0.39 is 5.60 Å². The number of hydrogen-bond acceptors (Lipinski definition) is 7. The van der Waals surface area contributed by atoms with E-state index in [9.17, 15) is 5.11 Å². The number of ether oxygens (including phenoxy) is 1. The summed E-state index contributed by atoms with van der Waals surface area (Å²) in [6.07, 6.45) is 3.51. The minimum Gasteiger partial charge on any atom is -0.491 e. The number of fused-ring (bicyclic) bond motifs is 1. The van der Waals surface area contributed by atoms with Crippen LogP contribution in [-0.4, -0.2) is 34.0 Å². The molecule has 0 aliphatic heterocycles. The topological polar surface area (TPSA) is 80.4 Å². The maximum Gasteiger partial charge on any atom is 0.175 e. The Hall–Kier alpha value is -2.74. The van der Waals surface area contributed by atoms with E-state index in [1.807, 2.05) is 47.8 Å². The van der Waals surface area contributed by atoms with Crippen molar-refractivity contribution in [1.82, 2.24) is 15.5 Å². The number of pyridine rings is 1. The van der Waals surface area contributed by atoms with Gasteiger partial charge in [-0.25, -0.2) is 0 Å². The Morgan fingerprint density at radius 2 is 2.07 bits per heavy atom. The number of aliphatic hydroxyl groups is 1. The molecule has 144 valence electrons. The normalized spacial score (nSPS) is 13.5. The average molecular weight is 395 g/mol. The van der Waals surface area contributed by atoms with Crippen LogP contribution in [0.4, 0.5) is 0 Å². The molecule has 1 atom stereocenters. The summed E-state index contributed by atoms with van der Waals surface area (Å²) in [4.78, 5) is 4.88. The van der Waals surface area contributed by atoms with Gasteiger partial charge in [-0.05, 0) is 48.2 Å². The molecule has 7 heteroatoms. The summed E-state index contributed by atoms with van der Waals surface area (Å²) in [5, 5.41) is 20.9. The Morgan fingerprint density at radius 1 is 1.21 bits per heavy atom. The molecule has 1 aromatic carbocycles. The predicted molar refractivity (Wildman–Crippen MR) is 109 cm³/mol. The zero-order valence-electron chi connectivity index (χ0n) is 15.5. The molecule has 3 heterocycles. The van der Waals surface area contributed by atoms with Gasteiger partial charge in [0.15, 0.2) is 10.6 Å². The molecule has 0 saturated carbocycles. The van der Waals surface area contributed by atoms with Crippen molar-refractivity contribution in [2.45, 2.75) is 19.1 Å². The van der Waals surface area contributed by atoms with Crippen molar-refractivity contribution < 1.29 is 14.4 Å². The SMILES string of the molecule is C[C@@](O)(CNCc1ccncc1)COc1cccc(-c2onc3sccc23)c1. The van der Waals surface area contributed by atoms with E-state index in [-0.39, 0.29) is 6.61 Å². The summed E-state index contributed by atoms with van der Waals surface area (Å²) in [6.45, 7) is 2.99. The summed E-state index contributed by atoms with van der Waals surface area (Å²) in [7, 11) is 0. The van der Waals surface area contributed by atoms with Crippen molar-refractivity contribution in [3.05, 3.63) is 65.8 Å². The minimum atomic E-state index is -1.00. The summed E-state index contributed by atoms with van der Waals surface area (Å²) >= 11 is 1.55. The Bertz CT molecular complexity index is 1040. The van der Waals surface area contributed by atoms with Crippen molar-refractivity contribution in [1.29, 1.82) is 0 Å². The number of thiophene rings is 1. The Labute approximate surface area is 166 Å². The highest BCUT2D eigenvalue weighted by molar-refractivity contribution is 7.16. The molecular weight excluding hydrogens is 374 g/mol. The van der Waals surface area contributed by atoms with Crippen molar-refractivity contribution in [2.24, 2.45) is 0 Å². The van der Waals surface area contributed by atoms with Crippen LogP contribution in [-0.2, 0) is 6.54 Å².